The van der Waals surface area contributed by atoms with Gasteiger partial charge >= 0.3 is 6.03 Å². The number of ether oxygens (including phenoxy) is 1. The second kappa shape index (κ2) is 11.7. The highest BCUT2D eigenvalue weighted by Gasteiger charge is 2.43. The maximum atomic E-state index is 13.5. The van der Waals surface area contributed by atoms with E-state index >= 15 is 0 Å². The summed E-state index contributed by atoms with van der Waals surface area (Å²) in [6.45, 7) is 13.7. The van der Waals surface area contributed by atoms with Gasteiger partial charge in [0.15, 0.2) is 0 Å². The molecule has 10 heteroatoms. The zero-order valence-corrected chi connectivity index (χ0v) is 20.8. The molecule has 3 amide bonds. The summed E-state index contributed by atoms with van der Waals surface area (Å²) < 4.78 is 5.39. The number of morpholine rings is 1. The van der Waals surface area contributed by atoms with Gasteiger partial charge in [-0.05, 0) is 31.1 Å². The molecule has 33 heavy (non-hydrogen) atoms. The first-order valence-electron chi connectivity index (χ1n) is 12.0. The minimum absolute atomic E-state index is 0.203. The van der Waals surface area contributed by atoms with E-state index < -0.39 is 17.6 Å². The van der Waals surface area contributed by atoms with Gasteiger partial charge in [-0.1, -0.05) is 34.6 Å². The van der Waals surface area contributed by atoms with Crippen LogP contribution < -0.4 is 16.4 Å². The van der Waals surface area contributed by atoms with Gasteiger partial charge in [-0.25, -0.2) is 9.79 Å². The van der Waals surface area contributed by atoms with Gasteiger partial charge in [0.05, 0.1) is 19.3 Å². The van der Waals surface area contributed by atoms with E-state index in [1.165, 1.54) is 0 Å². The topological polar surface area (TPSA) is 136 Å². The van der Waals surface area contributed by atoms with E-state index in [4.69, 9.17) is 10.5 Å². The molecular formula is C23H41N7O3. The normalized spacial score (nSPS) is 23.3. The van der Waals surface area contributed by atoms with E-state index in [1.807, 2.05) is 25.7 Å². The lowest BCUT2D eigenvalue weighted by Crippen LogP contribution is -2.55. The van der Waals surface area contributed by atoms with Crippen LogP contribution in [0, 0.1) is 16.7 Å². The Bertz CT molecular complexity index is 748. The SMILES string of the molecule is CCC(CC)N1CCC(C#N)(NC(=O)C(CC(C)(C)C)N=C(NC(N)=O)N2CCOCC2)C1. The standard InChI is InChI=1S/C23H41N7O3/c1-6-17(7-2)30-9-8-23(15-24,16-30)28-19(31)18(14-22(3,4)5)26-21(27-20(25)32)29-10-12-33-13-11-29/h17-18H,6-14,16H2,1-5H3,(H,28,31)(H3,25,26,27,32). The summed E-state index contributed by atoms with van der Waals surface area (Å²) in [6.07, 6.45) is 3.04. The van der Waals surface area contributed by atoms with E-state index in [0.29, 0.717) is 51.7 Å². The monoisotopic (exact) mass is 463 g/mol. The Morgan fingerprint density at radius 1 is 1.21 bits per heavy atom. The van der Waals surface area contributed by atoms with E-state index in [9.17, 15) is 14.9 Å². The molecule has 0 bridgehead atoms. The van der Waals surface area contributed by atoms with E-state index in [1.54, 1.807) is 0 Å². The number of urea groups is 1. The minimum atomic E-state index is -0.943. The number of amides is 3. The predicted molar refractivity (Wildman–Crippen MR) is 127 cm³/mol. The minimum Gasteiger partial charge on any atom is -0.378 e. The molecule has 2 aliphatic heterocycles. The molecule has 10 nitrogen and oxygen atoms in total. The highest BCUT2D eigenvalue weighted by molar-refractivity contribution is 5.97. The van der Waals surface area contributed by atoms with Crippen LogP contribution in [0.2, 0.25) is 0 Å². The molecule has 2 atom stereocenters. The number of hydrogen-bond donors (Lipinski definition) is 3. The Labute approximate surface area is 197 Å². The fourth-order valence-electron chi connectivity index (χ4n) is 4.50. The third-order valence-electron chi connectivity index (χ3n) is 6.27. The number of nitriles is 1. The lowest BCUT2D eigenvalue weighted by Gasteiger charge is -2.32. The van der Waals surface area contributed by atoms with Crippen molar-refractivity contribution < 1.29 is 14.3 Å². The number of guanidine groups is 1. The number of likely N-dealkylation sites (tertiary alicyclic amines) is 1. The van der Waals surface area contributed by atoms with Crippen molar-refractivity contribution in [3.63, 3.8) is 0 Å². The smallest absolute Gasteiger partial charge is 0.318 e. The summed E-state index contributed by atoms with van der Waals surface area (Å²) in [6, 6.07) is 1.25. The lowest BCUT2D eigenvalue weighted by molar-refractivity contribution is -0.124. The maximum absolute atomic E-state index is 13.5. The first-order chi connectivity index (χ1) is 15.5. The number of nitrogens with zero attached hydrogens (tertiary/aromatic N) is 4. The predicted octanol–water partition coefficient (Wildman–Crippen LogP) is 1.42. The zero-order chi connectivity index (χ0) is 24.6. The number of carbonyl (C=O) groups is 2. The molecule has 2 unspecified atom stereocenters. The molecule has 2 heterocycles. The van der Waals surface area contributed by atoms with Crippen molar-refractivity contribution in [2.45, 2.75) is 77.9 Å². The maximum Gasteiger partial charge on any atom is 0.318 e. The first kappa shape index (κ1) is 26.9. The summed E-state index contributed by atoms with van der Waals surface area (Å²) in [5.74, 6) is -0.0406. The number of primary amides is 1. The van der Waals surface area contributed by atoms with Gasteiger partial charge in [0.1, 0.15) is 11.6 Å². The van der Waals surface area contributed by atoms with Gasteiger partial charge in [0, 0.05) is 32.2 Å². The second-order valence-corrected chi connectivity index (χ2v) is 10.2. The van der Waals surface area contributed by atoms with Gasteiger partial charge in [0.25, 0.3) is 0 Å². The van der Waals surface area contributed by atoms with E-state index in [2.05, 4.69) is 40.4 Å². The fraction of sp³-hybridized carbons (Fsp3) is 0.826. The first-order valence-corrected chi connectivity index (χ1v) is 12.0. The van der Waals surface area contributed by atoms with Crippen molar-refractivity contribution in [3.05, 3.63) is 0 Å². The number of nitrogens with two attached hydrogens (primary N) is 1. The molecule has 2 fully saturated rings. The molecule has 0 radical (unpaired) electrons. The Kier molecular flexibility index (Phi) is 9.49. The number of nitrogens with one attached hydrogen (secondary N) is 2. The third kappa shape index (κ3) is 7.86. The van der Waals surface area contributed by atoms with Crippen LogP contribution in [0.3, 0.4) is 0 Å². The van der Waals surface area contributed by atoms with Crippen LogP contribution in [0.25, 0.3) is 0 Å². The van der Waals surface area contributed by atoms with Crippen molar-refractivity contribution in [1.29, 1.82) is 5.26 Å². The average Bonchev–Trinajstić information content (AvgIpc) is 3.17. The van der Waals surface area contributed by atoms with Crippen LogP contribution in [-0.4, -0.2) is 84.7 Å². The second-order valence-electron chi connectivity index (χ2n) is 10.2. The van der Waals surface area contributed by atoms with E-state index in [-0.39, 0.29) is 17.3 Å². The summed E-state index contributed by atoms with van der Waals surface area (Å²) in [5.41, 5.74) is 4.24. The Morgan fingerprint density at radius 3 is 2.36 bits per heavy atom. The largest absolute Gasteiger partial charge is 0.378 e. The Balaban J connectivity index is 2.28. The number of rotatable bonds is 7. The molecule has 0 aromatic heterocycles. The van der Waals surface area contributed by atoms with Gasteiger partial charge < -0.3 is 20.7 Å². The van der Waals surface area contributed by atoms with Crippen LogP contribution in [0.1, 0.15) is 60.3 Å². The van der Waals surface area contributed by atoms with Crippen molar-refractivity contribution in [2.75, 3.05) is 39.4 Å². The van der Waals surface area contributed by atoms with Gasteiger partial charge in [0.2, 0.25) is 11.9 Å². The molecule has 0 saturated carbocycles. The highest BCUT2D eigenvalue weighted by atomic mass is 16.5. The van der Waals surface area contributed by atoms with Crippen LogP contribution in [0.5, 0.6) is 0 Å². The number of carbonyl (C=O) groups excluding carboxylic acids is 2. The van der Waals surface area contributed by atoms with Crippen LogP contribution in [-0.2, 0) is 9.53 Å². The summed E-state index contributed by atoms with van der Waals surface area (Å²) in [7, 11) is 0. The molecule has 0 aromatic rings. The molecule has 186 valence electrons. The Morgan fingerprint density at radius 2 is 1.85 bits per heavy atom. The van der Waals surface area contributed by atoms with E-state index in [0.717, 1.165) is 19.4 Å². The third-order valence-corrected chi connectivity index (χ3v) is 6.27. The van der Waals surface area contributed by atoms with Crippen molar-refractivity contribution in [1.82, 2.24) is 20.4 Å². The molecule has 2 rings (SSSR count). The lowest BCUT2D eigenvalue weighted by atomic mass is 9.87. The van der Waals surface area contributed by atoms with Crippen LogP contribution >= 0.6 is 0 Å². The van der Waals surface area contributed by atoms with Gasteiger partial charge in [-0.15, -0.1) is 0 Å². The molecule has 0 aromatic carbocycles. The van der Waals surface area contributed by atoms with Crippen molar-refractivity contribution >= 4 is 17.9 Å². The molecular weight excluding hydrogens is 422 g/mol. The highest BCUT2D eigenvalue weighted by Crippen LogP contribution is 2.27. The molecule has 0 spiro atoms. The van der Waals surface area contributed by atoms with Crippen LogP contribution in [0.15, 0.2) is 4.99 Å². The van der Waals surface area contributed by atoms with Crippen molar-refractivity contribution in [3.8, 4) is 6.07 Å². The van der Waals surface area contributed by atoms with Crippen molar-refractivity contribution in [2.24, 2.45) is 16.1 Å². The zero-order valence-electron chi connectivity index (χ0n) is 20.8. The van der Waals surface area contributed by atoms with Crippen LogP contribution in [0.4, 0.5) is 4.79 Å². The summed E-state index contributed by atoms with van der Waals surface area (Å²) in [5, 5.41) is 15.6. The van der Waals surface area contributed by atoms with Gasteiger partial charge in [-0.3, -0.25) is 15.0 Å². The fourth-order valence-corrected chi connectivity index (χ4v) is 4.50. The molecule has 0 aliphatic carbocycles. The number of aliphatic imine (C=N–C) groups is 1. The quantitative estimate of drug-likeness (QED) is 0.386. The summed E-state index contributed by atoms with van der Waals surface area (Å²) in [4.78, 5) is 33.9. The Hall–Kier alpha value is -2.38. The molecule has 2 saturated heterocycles. The molecule has 2 aliphatic rings. The average molecular weight is 464 g/mol. The summed E-state index contributed by atoms with van der Waals surface area (Å²) >= 11 is 0. The van der Waals surface area contributed by atoms with Gasteiger partial charge in [-0.2, -0.15) is 5.26 Å². The molecule has 4 N–H and O–H groups in total. The number of hydrogen-bond acceptors (Lipinski definition) is 6.